The van der Waals surface area contributed by atoms with Crippen molar-refractivity contribution < 1.29 is 0 Å². The van der Waals surface area contributed by atoms with Gasteiger partial charge in [-0.1, -0.05) is 12.1 Å². The van der Waals surface area contributed by atoms with Gasteiger partial charge in [0.1, 0.15) is 0 Å². The number of rotatable bonds is 4. The molecule has 1 aromatic heterocycles. The van der Waals surface area contributed by atoms with E-state index in [0.29, 0.717) is 18.4 Å². The summed E-state index contributed by atoms with van der Waals surface area (Å²) in [6, 6.07) is 8.04. The van der Waals surface area contributed by atoms with Gasteiger partial charge in [0.05, 0.1) is 0 Å². The second-order valence-electron chi connectivity index (χ2n) is 5.30. The van der Waals surface area contributed by atoms with Gasteiger partial charge in [-0.25, -0.2) is 4.98 Å². The number of benzene rings is 1. The fourth-order valence-electron chi connectivity index (χ4n) is 2.36. The monoisotopic (exact) mass is 270 g/mol. The Morgan fingerprint density at radius 3 is 2.95 bits per heavy atom. The lowest BCUT2D eigenvalue weighted by Gasteiger charge is -2.18. The van der Waals surface area contributed by atoms with Crippen LogP contribution in [0.4, 0.5) is 11.5 Å². The highest BCUT2D eigenvalue weighted by Crippen LogP contribution is 2.33. The maximum atomic E-state index is 12.4. The standard InChI is InChI=1S/C15H18N4O/c1-18(10-11-3-2-4-12(16)9-11)14-15(20)19(8-7-17-14)13-5-6-13/h2-4,7-9,13H,5-6,10,16H2,1H3. The maximum absolute atomic E-state index is 12.4. The van der Waals surface area contributed by atoms with Gasteiger partial charge in [0.25, 0.3) is 5.56 Å². The number of hydrogen-bond donors (Lipinski definition) is 1. The van der Waals surface area contributed by atoms with Gasteiger partial charge in [-0.15, -0.1) is 0 Å². The SMILES string of the molecule is CN(Cc1cccc(N)c1)c1nccn(C2CC2)c1=O. The Kier molecular flexibility index (Phi) is 3.18. The lowest BCUT2D eigenvalue weighted by Crippen LogP contribution is -2.30. The van der Waals surface area contributed by atoms with E-state index in [0.717, 1.165) is 24.1 Å². The zero-order valence-electron chi connectivity index (χ0n) is 11.5. The number of nitrogens with zero attached hydrogens (tertiary/aromatic N) is 3. The summed E-state index contributed by atoms with van der Waals surface area (Å²) in [7, 11) is 1.88. The molecular formula is C15H18N4O. The van der Waals surface area contributed by atoms with E-state index < -0.39 is 0 Å². The average molecular weight is 270 g/mol. The molecule has 0 radical (unpaired) electrons. The van der Waals surface area contributed by atoms with Crippen molar-refractivity contribution in [2.75, 3.05) is 17.7 Å². The summed E-state index contributed by atoms with van der Waals surface area (Å²) in [5.41, 5.74) is 7.56. The molecule has 1 heterocycles. The molecule has 0 atom stereocenters. The predicted octanol–water partition coefficient (Wildman–Crippen LogP) is 1.80. The molecular weight excluding hydrogens is 252 g/mol. The minimum Gasteiger partial charge on any atom is -0.399 e. The largest absolute Gasteiger partial charge is 0.399 e. The van der Waals surface area contributed by atoms with E-state index in [9.17, 15) is 4.79 Å². The first-order valence-electron chi connectivity index (χ1n) is 6.78. The molecule has 1 fully saturated rings. The highest BCUT2D eigenvalue weighted by atomic mass is 16.1. The predicted molar refractivity (Wildman–Crippen MR) is 79.7 cm³/mol. The van der Waals surface area contributed by atoms with Crippen LogP contribution in [0.2, 0.25) is 0 Å². The average Bonchev–Trinajstić information content (AvgIpc) is 3.23. The Morgan fingerprint density at radius 2 is 2.25 bits per heavy atom. The Labute approximate surface area is 117 Å². The van der Waals surface area contributed by atoms with Gasteiger partial charge in [0.2, 0.25) is 0 Å². The van der Waals surface area contributed by atoms with Gasteiger partial charge in [-0.05, 0) is 30.5 Å². The van der Waals surface area contributed by atoms with Gasteiger partial charge in [0.15, 0.2) is 5.82 Å². The van der Waals surface area contributed by atoms with Crippen LogP contribution in [0.25, 0.3) is 0 Å². The highest BCUT2D eigenvalue weighted by Gasteiger charge is 2.25. The Morgan fingerprint density at radius 1 is 1.45 bits per heavy atom. The van der Waals surface area contributed by atoms with Crippen molar-refractivity contribution in [3.8, 4) is 0 Å². The fraction of sp³-hybridized carbons (Fsp3) is 0.333. The van der Waals surface area contributed by atoms with E-state index in [-0.39, 0.29) is 5.56 Å². The summed E-state index contributed by atoms with van der Waals surface area (Å²) in [6.45, 7) is 0.613. The lowest BCUT2D eigenvalue weighted by molar-refractivity contribution is 0.690. The summed E-state index contributed by atoms with van der Waals surface area (Å²) >= 11 is 0. The fourth-order valence-corrected chi connectivity index (χ4v) is 2.36. The summed E-state index contributed by atoms with van der Waals surface area (Å²) < 4.78 is 1.79. The number of hydrogen-bond acceptors (Lipinski definition) is 4. The van der Waals surface area contributed by atoms with Crippen LogP contribution in [0.1, 0.15) is 24.4 Å². The van der Waals surface area contributed by atoms with Gasteiger partial charge in [-0.2, -0.15) is 0 Å². The van der Waals surface area contributed by atoms with Crippen LogP contribution in [0.5, 0.6) is 0 Å². The quantitative estimate of drug-likeness (QED) is 0.860. The second kappa shape index (κ2) is 5.00. The molecule has 0 amide bonds. The number of nitrogen functional groups attached to an aromatic ring is 1. The molecule has 0 bridgehead atoms. The molecule has 0 aliphatic heterocycles. The highest BCUT2D eigenvalue weighted by molar-refractivity contribution is 5.43. The van der Waals surface area contributed by atoms with Crippen LogP contribution in [0.15, 0.2) is 41.5 Å². The third-order valence-electron chi connectivity index (χ3n) is 3.52. The minimum absolute atomic E-state index is 0.0126. The Hall–Kier alpha value is -2.30. The maximum Gasteiger partial charge on any atom is 0.293 e. The van der Waals surface area contributed by atoms with Crippen LogP contribution in [0.3, 0.4) is 0 Å². The van der Waals surface area contributed by atoms with Crippen LogP contribution in [-0.4, -0.2) is 16.6 Å². The van der Waals surface area contributed by atoms with Crippen LogP contribution >= 0.6 is 0 Å². The first kappa shape index (κ1) is 12.7. The molecule has 2 aromatic rings. The van der Waals surface area contributed by atoms with Gasteiger partial charge >= 0.3 is 0 Å². The van der Waals surface area contributed by atoms with E-state index in [1.165, 1.54) is 0 Å². The van der Waals surface area contributed by atoms with E-state index in [4.69, 9.17) is 5.73 Å². The topological polar surface area (TPSA) is 64.2 Å². The third kappa shape index (κ3) is 2.52. The lowest BCUT2D eigenvalue weighted by atomic mass is 10.2. The van der Waals surface area contributed by atoms with E-state index in [1.807, 2.05) is 36.2 Å². The van der Waals surface area contributed by atoms with Crippen molar-refractivity contribution in [3.05, 3.63) is 52.6 Å². The normalized spacial score (nSPS) is 14.2. The van der Waals surface area contributed by atoms with Crippen molar-refractivity contribution in [2.24, 2.45) is 0 Å². The molecule has 1 saturated carbocycles. The minimum atomic E-state index is -0.0126. The number of nitrogens with two attached hydrogens (primary N) is 1. The second-order valence-corrected chi connectivity index (χ2v) is 5.30. The molecule has 5 heteroatoms. The summed E-state index contributed by atoms with van der Waals surface area (Å²) in [5, 5.41) is 0. The molecule has 5 nitrogen and oxygen atoms in total. The Balaban J connectivity index is 1.85. The number of anilines is 2. The molecule has 3 rings (SSSR count). The van der Waals surface area contributed by atoms with Gasteiger partial charge < -0.3 is 15.2 Å². The smallest absolute Gasteiger partial charge is 0.293 e. The van der Waals surface area contributed by atoms with Crippen molar-refractivity contribution in [3.63, 3.8) is 0 Å². The molecule has 2 N–H and O–H groups in total. The van der Waals surface area contributed by atoms with Gasteiger partial charge in [-0.3, -0.25) is 4.79 Å². The summed E-state index contributed by atoms with van der Waals surface area (Å²) in [6.07, 6.45) is 5.65. The van der Waals surface area contributed by atoms with Crippen molar-refractivity contribution in [2.45, 2.75) is 25.4 Å². The number of aromatic nitrogens is 2. The molecule has 1 aliphatic carbocycles. The molecule has 1 aliphatic rings. The van der Waals surface area contributed by atoms with E-state index in [2.05, 4.69) is 4.98 Å². The summed E-state index contributed by atoms with van der Waals surface area (Å²) in [5.74, 6) is 0.488. The van der Waals surface area contributed by atoms with E-state index in [1.54, 1.807) is 17.0 Å². The van der Waals surface area contributed by atoms with Crippen LogP contribution in [0, 0.1) is 0 Å². The zero-order chi connectivity index (χ0) is 14.1. The van der Waals surface area contributed by atoms with Crippen molar-refractivity contribution >= 4 is 11.5 Å². The molecule has 0 saturated heterocycles. The van der Waals surface area contributed by atoms with Crippen molar-refractivity contribution in [1.29, 1.82) is 0 Å². The molecule has 0 spiro atoms. The molecule has 1 aromatic carbocycles. The van der Waals surface area contributed by atoms with Crippen LogP contribution < -0.4 is 16.2 Å². The first-order valence-corrected chi connectivity index (χ1v) is 6.78. The van der Waals surface area contributed by atoms with Crippen LogP contribution in [-0.2, 0) is 6.54 Å². The zero-order valence-corrected chi connectivity index (χ0v) is 11.5. The van der Waals surface area contributed by atoms with E-state index >= 15 is 0 Å². The van der Waals surface area contributed by atoms with Crippen molar-refractivity contribution in [1.82, 2.24) is 9.55 Å². The third-order valence-corrected chi connectivity index (χ3v) is 3.52. The Bertz CT molecular complexity index is 676. The summed E-state index contributed by atoms with van der Waals surface area (Å²) in [4.78, 5) is 18.5. The van der Waals surface area contributed by atoms with Gasteiger partial charge in [0, 0.05) is 37.7 Å². The molecule has 104 valence electrons. The first-order chi connectivity index (χ1) is 9.65. The molecule has 20 heavy (non-hydrogen) atoms. The molecule has 0 unspecified atom stereocenters.